The number of fused-ring (bicyclic) bond motifs is 1. The topological polar surface area (TPSA) is 40.6 Å². The Morgan fingerprint density at radius 2 is 1.97 bits per heavy atom. The number of hydrogen-bond acceptors (Lipinski definition) is 4. The van der Waals surface area contributed by atoms with Gasteiger partial charge in [-0.25, -0.2) is 4.39 Å². The number of rotatable bonds is 3. The Kier molecular flexibility index (Phi) is 5.64. The molecule has 2 heterocycles. The van der Waals surface area contributed by atoms with Crippen LogP contribution in [0, 0.1) is 5.82 Å². The molecule has 0 aromatic heterocycles. The molecule has 4 rings (SSSR count). The Balaban J connectivity index is 1.65. The van der Waals surface area contributed by atoms with E-state index in [9.17, 15) is 14.0 Å². The molecule has 2 amide bonds. The molecule has 2 aromatic carbocycles. The van der Waals surface area contributed by atoms with E-state index < -0.39 is 17.0 Å². The lowest BCUT2D eigenvalue weighted by Gasteiger charge is -2.45. The summed E-state index contributed by atoms with van der Waals surface area (Å²) in [6, 6.07) is 10.1. The summed E-state index contributed by atoms with van der Waals surface area (Å²) in [6.45, 7) is 6.51. The zero-order chi connectivity index (χ0) is 22.5. The molecule has 31 heavy (non-hydrogen) atoms. The van der Waals surface area contributed by atoms with Crippen LogP contribution in [-0.2, 0) is 11.3 Å². The Hall–Kier alpha value is -2.31. The van der Waals surface area contributed by atoms with E-state index in [4.69, 9.17) is 11.6 Å². The van der Waals surface area contributed by atoms with Gasteiger partial charge in [0.2, 0.25) is 0 Å². The van der Waals surface area contributed by atoms with Crippen LogP contribution in [0.25, 0.3) is 6.08 Å². The number of nitrogens with zero attached hydrogens (tertiary/aromatic N) is 2. The lowest BCUT2D eigenvalue weighted by atomic mass is 9.80. The van der Waals surface area contributed by atoms with Gasteiger partial charge in [0.25, 0.3) is 11.1 Å². The normalized spacial score (nSPS) is 21.7. The quantitative estimate of drug-likeness (QED) is 0.496. The van der Waals surface area contributed by atoms with Crippen molar-refractivity contribution in [1.29, 1.82) is 0 Å². The zero-order valence-corrected chi connectivity index (χ0v) is 19.5. The van der Waals surface area contributed by atoms with Gasteiger partial charge >= 0.3 is 0 Å². The number of imide groups is 1. The molecule has 1 saturated heterocycles. The van der Waals surface area contributed by atoms with Gasteiger partial charge in [0.15, 0.2) is 0 Å². The molecule has 2 aliphatic heterocycles. The fourth-order valence-corrected chi connectivity index (χ4v) is 5.33. The number of anilines is 1. The summed E-state index contributed by atoms with van der Waals surface area (Å²) in [5.74, 6) is -0.538. The molecule has 2 aromatic rings. The van der Waals surface area contributed by atoms with Gasteiger partial charge in [-0.3, -0.25) is 14.5 Å². The Bertz CT molecular complexity index is 1110. The van der Waals surface area contributed by atoms with E-state index in [1.54, 1.807) is 24.3 Å². The van der Waals surface area contributed by atoms with Crippen molar-refractivity contribution in [2.24, 2.45) is 0 Å². The van der Waals surface area contributed by atoms with Gasteiger partial charge in [-0.2, -0.15) is 0 Å². The zero-order valence-electron chi connectivity index (χ0n) is 17.9. The molecule has 2 aliphatic rings. The second-order valence-corrected chi connectivity index (χ2v) is 10.2. The minimum atomic E-state index is -0.440. The van der Waals surface area contributed by atoms with Crippen LogP contribution in [0.2, 0.25) is 5.02 Å². The summed E-state index contributed by atoms with van der Waals surface area (Å²) in [4.78, 5) is 28.9. The van der Waals surface area contributed by atoms with Gasteiger partial charge in [-0.05, 0) is 73.4 Å². The molecule has 0 saturated carbocycles. The summed E-state index contributed by atoms with van der Waals surface area (Å²) < 4.78 is 14.0. The van der Waals surface area contributed by atoms with Gasteiger partial charge in [0.05, 0.1) is 11.4 Å². The minimum absolute atomic E-state index is 0.0205. The van der Waals surface area contributed by atoms with E-state index in [1.165, 1.54) is 11.6 Å². The first kappa shape index (κ1) is 21.9. The van der Waals surface area contributed by atoms with E-state index in [1.807, 2.05) is 12.1 Å². The number of carbonyl (C=O) groups is 2. The Labute approximate surface area is 191 Å². The maximum Gasteiger partial charge on any atom is 0.293 e. The van der Waals surface area contributed by atoms with Crippen LogP contribution in [0.3, 0.4) is 0 Å². The van der Waals surface area contributed by atoms with Crippen molar-refractivity contribution < 1.29 is 14.0 Å². The van der Waals surface area contributed by atoms with Crippen LogP contribution < -0.4 is 4.90 Å². The maximum absolute atomic E-state index is 14.0. The molecule has 1 atom stereocenters. The lowest BCUT2D eigenvalue weighted by Crippen LogP contribution is -2.45. The first-order valence-electron chi connectivity index (χ1n) is 10.1. The molecular weight excluding hydrogens is 435 g/mol. The number of thioether (sulfide) groups is 1. The van der Waals surface area contributed by atoms with Crippen LogP contribution in [-0.4, -0.2) is 28.6 Å². The van der Waals surface area contributed by atoms with Gasteiger partial charge in [0, 0.05) is 28.9 Å². The summed E-state index contributed by atoms with van der Waals surface area (Å²) in [6.07, 6.45) is 2.66. The van der Waals surface area contributed by atoms with Crippen LogP contribution in [0.1, 0.15) is 49.8 Å². The number of hydrogen-bond donors (Lipinski definition) is 0. The Morgan fingerprint density at radius 1 is 1.26 bits per heavy atom. The number of benzene rings is 2. The number of halogens is 2. The molecular formula is C24H24ClFN2O2S. The molecule has 0 aliphatic carbocycles. The molecule has 0 radical (unpaired) electrons. The van der Waals surface area contributed by atoms with Crippen molar-refractivity contribution in [3.05, 3.63) is 68.8 Å². The van der Waals surface area contributed by atoms with Crippen molar-refractivity contribution >= 4 is 46.3 Å². The highest BCUT2D eigenvalue weighted by atomic mass is 35.5. The van der Waals surface area contributed by atoms with Crippen molar-refractivity contribution in [3.63, 3.8) is 0 Å². The summed E-state index contributed by atoms with van der Waals surface area (Å²) in [5, 5.41) is 0.111. The summed E-state index contributed by atoms with van der Waals surface area (Å²) in [7, 11) is 2.06. The van der Waals surface area contributed by atoms with E-state index >= 15 is 0 Å². The molecule has 7 heteroatoms. The number of carbonyl (C=O) groups excluding carboxylic acids is 2. The second-order valence-electron chi connectivity index (χ2n) is 8.77. The molecule has 0 spiro atoms. The van der Waals surface area contributed by atoms with E-state index in [2.05, 4.69) is 32.7 Å². The van der Waals surface area contributed by atoms with E-state index in [0.717, 1.165) is 28.8 Å². The summed E-state index contributed by atoms with van der Waals surface area (Å²) >= 11 is 7.43. The predicted octanol–water partition coefficient (Wildman–Crippen LogP) is 6.44. The minimum Gasteiger partial charge on any atom is -0.369 e. The molecule has 162 valence electrons. The van der Waals surface area contributed by atoms with Crippen LogP contribution in [0.5, 0.6) is 0 Å². The van der Waals surface area contributed by atoms with Gasteiger partial charge in [0.1, 0.15) is 5.82 Å². The third-order valence-electron chi connectivity index (χ3n) is 6.20. The average Bonchev–Trinajstić information content (AvgIpc) is 2.96. The molecule has 1 fully saturated rings. The summed E-state index contributed by atoms with van der Waals surface area (Å²) in [5.41, 5.74) is 3.28. The highest BCUT2D eigenvalue weighted by molar-refractivity contribution is 8.18. The predicted molar refractivity (Wildman–Crippen MR) is 125 cm³/mol. The fourth-order valence-electron chi connectivity index (χ4n) is 4.29. The van der Waals surface area contributed by atoms with Gasteiger partial charge < -0.3 is 4.90 Å². The highest BCUT2D eigenvalue weighted by Gasteiger charge is 2.37. The van der Waals surface area contributed by atoms with Crippen molar-refractivity contribution in [3.8, 4) is 0 Å². The van der Waals surface area contributed by atoms with Crippen molar-refractivity contribution in [1.82, 2.24) is 4.90 Å². The van der Waals surface area contributed by atoms with E-state index in [-0.39, 0.29) is 12.1 Å². The molecule has 4 nitrogen and oxygen atoms in total. The van der Waals surface area contributed by atoms with Crippen LogP contribution in [0.4, 0.5) is 14.9 Å². The third kappa shape index (κ3) is 3.99. The first-order chi connectivity index (χ1) is 14.6. The largest absolute Gasteiger partial charge is 0.369 e. The first-order valence-corrected chi connectivity index (χ1v) is 11.3. The van der Waals surface area contributed by atoms with E-state index in [0.29, 0.717) is 27.0 Å². The second kappa shape index (κ2) is 7.99. The third-order valence-corrected chi connectivity index (χ3v) is 7.43. The standard InChI is InChI=1S/C24H24ClFN2O2S/c1-14-12-24(2,3)27(4)20-11-18(25)16(9-17(14)20)10-21-22(29)28(23(30)31-21)13-15-7-5-6-8-19(15)26/h5-11,14H,12-13H2,1-4H3/b21-10-. The molecule has 0 N–H and O–H groups in total. The average molecular weight is 459 g/mol. The fraction of sp³-hybridized carbons (Fsp3) is 0.333. The van der Waals surface area contributed by atoms with Crippen molar-refractivity contribution in [2.75, 3.05) is 11.9 Å². The SMILES string of the molecule is CC1CC(C)(C)N(C)c2cc(Cl)c(/C=C3\SC(=O)N(Cc4ccccc4F)C3=O)cc21. The van der Waals surface area contributed by atoms with Crippen molar-refractivity contribution in [2.45, 2.75) is 45.2 Å². The maximum atomic E-state index is 14.0. The Morgan fingerprint density at radius 3 is 2.68 bits per heavy atom. The molecule has 1 unspecified atom stereocenters. The smallest absolute Gasteiger partial charge is 0.293 e. The number of amides is 2. The van der Waals surface area contributed by atoms with Crippen LogP contribution >= 0.6 is 23.4 Å². The van der Waals surface area contributed by atoms with Crippen LogP contribution in [0.15, 0.2) is 41.3 Å². The lowest BCUT2D eigenvalue weighted by molar-refractivity contribution is -0.123. The monoisotopic (exact) mass is 458 g/mol. The molecule has 0 bridgehead atoms. The van der Waals surface area contributed by atoms with Gasteiger partial charge in [-0.15, -0.1) is 0 Å². The highest BCUT2D eigenvalue weighted by Crippen LogP contribution is 2.45. The van der Waals surface area contributed by atoms with Gasteiger partial charge in [-0.1, -0.05) is 36.7 Å².